The topological polar surface area (TPSA) is 75.7 Å². The molecule has 0 aromatic heterocycles. The molecule has 0 saturated carbocycles. The van der Waals surface area contributed by atoms with E-state index in [9.17, 15) is 13.2 Å². The van der Waals surface area contributed by atoms with Gasteiger partial charge in [-0.1, -0.05) is 24.3 Å². The van der Waals surface area contributed by atoms with E-state index < -0.39 is 10.0 Å². The van der Waals surface area contributed by atoms with Crippen molar-refractivity contribution < 1.29 is 17.9 Å². The molecule has 0 radical (unpaired) electrons. The first kappa shape index (κ1) is 20.9. The van der Waals surface area contributed by atoms with Crippen LogP contribution in [0.25, 0.3) is 0 Å². The van der Waals surface area contributed by atoms with Gasteiger partial charge in [0.05, 0.1) is 17.6 Å². The minimum Gasteiger partial charge on any atom is -0.496 e. The SMILES string of the molecule is COc1ccc(S(=O)(=O)N[C@H]2CCCc3ccccc32)cc1C(=O)N1CCCCC1. The number of piperidine rings is 1. The van der Waals surface area contributed by atoms with Crippen LogP contribution < -0.4 is 9.46 Å². The molecule has 160 valence electrons. The number of aryl methyl sites for hydroxylation is 1. The first-order valence-electron chi connectivity index (χ1n) is 10.6. The fourth-order valence-corrected chi connectivity index (χ4v) is 5.70. The van der Waals surface area contributed by atoms with E-state index >= 15 is 0 Å². The van der Waals surface area contributed by atoms with Crippen molar-refractivity contribution in [1.82, 2.24) is 9.62 Å². The third-order valence-electron chi connectivity index (χ3n) is 6.02. The second-order valence-corrected chi connectivity index (χ2v) is 9.69. The Hall–Kier alpha value is -2.38. The monoisotopic (exact) mass is 428 g/mol. The standard InChI is InChI=1S/C23H28N2O4S/c1-29-22-13-12-18(16-20(22)23(26)25-14-5-2-6-15-25)30(27,28)24-21-11-7-9-17-8-3-4-10-19(17)21/h3-4,8,10,12-13,16,21,24H,2,5-7,9,11,14-15H2,1H3/t21-/m0/s1. The number of amides is 1. The first-order valence-corrected chi connectivity index (χ1v) is 12.1. The highest BCUT2D eigenvalue weighted by Gasteiger charge is 2.28. The Balaban J connectivity index is 1.62. The molecule has 6 nitrogen and oxygen atoms in total. The van der Waals surface area contributed by atoms with Crippen LogP contribution in [-0.2, 0) is 16.4 Å². The lowest BCUT2D eigenvalue weighted by molar-refractivity contribution is 0.0720. The number of nitrogens with one attached hydrogen (secondary N) is 1. The van der Waals surface area contributed by atoms with E-state index in [1.54, 1.807) is 11.0 Å². The number of hydrogen-bond acceptors (Lipinski definition) is 4. The summed E-state index contributed by atoms with van der Waals surface area (Å²) in [6.07, 6.45) is 5.70. The van der Waals surface area contributed by atoms with Crippen molar-refractivity contribution in [3.63, 3.8) is 0 Å². The number of nitrogens with zero attached hydrogens (tertiary/aromatic N) is 1. The number of hydrogen-bond donors (Lipinski definition) is 1. The molecule has 1 fully saturated rings. The Morgan fingerprint density at radius 2 is 1.83 bits per heavy atom. The quantitative estimate of drug-likeness (QED) is 0.788. The maximum absolute atomic E-state index is 13.2. The fraction of sp³-hybridized carbons (Fsp3) is 0.435. The molecule has 0 unspecified atom stereocenters. The third-order valence-corrected chi connectivity index (χ3v) is 7.49. The normalized spacial score (nSPS) is 19.2. The van der Waals surface area contributed by atoms with Crippen LogP contribution >= 0.6 is 0 Å². The van der Waals surface area contributed by atoms with Gasteiger partial charge in [0.15, 0.2) is 0 Å². The second-order valence-electron chi connectivity index (χ2n) is 7.98. The molecule has 2 aliphatic rings. The highest BCUT2D eigenvalue weighted by molar-refractivity contribution is 7.89. The van der Waals surface area contributed by atoms with E-state index in [1.807, 2.05) is 18.2 Å². The van der Waals surface area contributed by atoms with Crippen molar-refractivity contribution in [3.8, 4) is 5.75 Å². The molecule has 1 saturated heterocycles. The highest BCUT2D eigenvalue weighted by Crippen LogP contribution is 2.32. The van der Waals surface area contributed by atoms with Crippen LogP contribution in [0.1, 0.15) is 59.6 Å². The van der Waals surface area contributed by atoms with Crippen molar-refractivity contribution in [2.24, 2.45) is 0 Å². The van der Waals surface area contributed by atoms with Crippen molar-refractivity contribution >= 4 is 15.9 Å². The molecule has 1 atom stereocenters. The number of carbonyl (C=O) groups excluding carboxylic acids is 1. The fourth-order valence-electron chi connectivity index (χ4n) is 4.42. The summed E-state index contributed by atoms with van der Waals surface area (Å²) in [5.41, 5.74) is 2.52. The molecule has 1 aliphatic carbocycles. The van der Waals surface area contributed by atoms with Gasteiger partial charge in [-0.05, 0) is 67.9 Å². The number of benzene rings is 2. The van der Waals surface area contributed by atoms with Gasteiger partial charge in [-0.3, -0.25) is 4.79 Å². The molecular weight excluding hydrogens is 400 g/mol. The Morgan fingerprint density at radius 3 is 2.60 bits per heavy atom. The number of carbonyl (C=O) groups is 1. The van der Waals surface area contributed by atoms with Gasteiger partial charge in [-0.2, -0.15) is 0 Å². The van der Waals surface area contributed by atoms with Crippen LogP contribution in [0, 0.1) is 0 Å². The van der Waals surface area contributed by atoms with E-state index in [0.717, 1.165) is 44.1 Å². The Morgan fingerprint density at radius 1 is 1.07 bits per heavy atom. The number of likely N-dealkylation sites (tertiary alicyclic amines) is 1. The smallest absolute Gasteiger partial charge is 0.257 e. The van der Waals surface area contributed by atoms with Crippen LogP contribution in [0.2, 0.25) is 0 Å². The number of rotatable bonds is 5. The molecule has 0 spiro atoms. The van der Waals surface area contributed by atoms with Crippen LogP contribution in [0.4, 0.5) is 0 Å². The summed E-state index contributed by atoms with van der Waals surface area (Å²) in [7, 11) is -2.30. The molecule has 2 aromatic rings. The molecule has 4 rings (SSSR count). The summed E-state index contributed by atoms with van der Waals surface area (Å²) in [6.45, 7) is 1.38. The van der Waals surface area contributed by atoms with Crippen LogP contribution in [-0.4, -0.2) is 39.4 Å². The molecule has 1 N–H and O–H groups in total. The summed E-state index contributed by atoms with van der Waals surface area (Å²) in [5, 5.41) is 0. The average molecular weight is 429 g/mol. The van der Waals surface area contributed by atoms with Crippen molar-refractivity contribution in [2.75, 3.05) is 20.2 Å². The summed E-state index contributed by atoms with van der Waals surface area (Å²) in [6, 6.07) is 12.2. The predicted octanol–water partition coefficient (Wildman–Crippen LogP) is 3.68. The van der Waals surface area contributed by atoms with E-state index in [2.05, 4.69) is 10.8 Å². The summed E-state index contributed by atoms with van der Waals surface area (Å²) in [4.78, 5) is 14.9. The second kappa shape index (κ2) is 8.78. The van der Waals surface area contributed by atoms with Gasteiger partial charge >= 0.3 is 0 Å². The molecular formula is C23H28N2O4S. The molecule has 1 amide bonds. The molecule has 7 heteroatoms. The Labute approximate surface area is 178 Å². The van der Waals surface area contributed by atoms with Gasteiger partial charge in [-0.15, -0.1) is 0 Å². The van der Waals surface area contributed by atoms with E-state index in [0.29, 0.717) is 24.4 Å². The van der Waals surface area contributed by atoms with Crippen molar-refractivity contribution in [3.05, 3.63) is 59.2 Å². The van der Waals surface area contributed by atoms with Crippen molar-refractivity contribution in [1.29, 1.82) is 0 Å². The summed E-state index contributed by atoms with van der Waals surface area (Å²) >= 11 is 0. The van der Waals surface area contributed by atoms with Crippen molar-refractivity contribution in [2.45, 2.75) is 49.5 Å². The lowest BCUT2D eigenvalue weighted by Gasteiger charge is -2.28. The molecule has 2 aromatic carbocycles. The Bertz CT molecular complexity index is 1030. The lowest BCUT2D eigenvalue weighted by Crippen LogP contribution is -2.36. The molecule has 1 aliphatic heterocycles. The summed E-state index contributed by atoms with van der Waals surface area (Å²) in [5.74, 6) is 0.221. The molecule has 30 heavy (non-hydrogen) atoms. The predicted molar refractivity (Wildman–Crippen MR) is 115 cm³/mol. The van der Waals surface area contributed by atoms with Crippen LogP contribution in [0.3, 0.4) is 0 Å². The minimum absolute atomic E-state index is 0.0896. The summed E-state index contributed by atoms with van der Waals surface area (Å²) < 4.78 is 34.6. The van der Waals surface area contributed by atoms with Crippen LogP contribution in [0.5, 0.6) is 5.75 Å². The number of ether oxygens (including phenoxy) is 1. The number of methoxy groups -OCH3 is 1. The number of sulfonamides is 1. The van der Waals surface area contributed by atoms with E-state index in [-0.39, 0.29) is 16.8 Å². The van der Waals surface area contributed by atoms with Crippen LogP contribution in [0.15, 0.2) is 47.4 Å². The van der Waals surface area contributed by atoms with E-state index in [4.69, 9.17) is 4.74 Å². The minimum atomic E-state index is -3.79. The maximum atomic E-state index is 13.2. The zero-order chi connectivity index (χ0) is 21.1. The van der Waals surface area contributed by atoms with Gasteiger partial charge in [0.1, 0.15) is 5.75 Å². The highest BCUT2D eigenvalue weighted by atomic mass is 32.2. The van der Waals surface area contributed by atoms with Gasteiger partial charge < -0.3 is 9.64 Å². The zero-order valence-electron chi connectivity index (χ0n) is 17.3. The van der Waals surface area contributed by atoms with Gasteiger partial charge in [0, 0.05) is 19.1 Å². The largest absolute Gasteiger partial charge is 0.496 e. The zero-order valence-corrected chi connectivity index (χ0v) is 18.1. The van der Waals surface area contributed by atoms with E-state index in [1.165, 1.54) is 24.8 Å². The Kier molecular flexibility index (Phi) is 6.11. The lowest BCUT2D eigenvalue weighted by atomic mass is 9.88. The van der Waals surface area contributed by atoms with Gasteiger partial charge in [0.2, 0.25) is 10.0 Å². The average Bonchev–Trinajstić information content (AvgIpc) is 2.79. The molecule has 1 heterocycles. The van der Waals surface area contributed by atoms with Gasteiger partial charge in [-0.25, -0.2) is 13.1 Å². The molecule has 0 bridgehead atoms. The third kappa shape index (κ3) is 4.23. The first-order chi connectivity index (χ1) is 14.5. The maximum Gasteiger partial charge on any atom is 0.257 e. The number of fused-ring (bicyclic) bond motifs is 1. The van der Waals surface area contributed by atoms with Gasteiger partial charge in [0.25, 0.3) is 5.91 Å².